The minimum atomic E-state index is -3.77. The highest BCUT2D eigenvalue weighted by atomic mass is 32.2. The molecule has 146 valence electrons. The van der Waals surface area contributed by atoms with Gasteiger partial charge in [-0.05, 0) is 68.4 Å². The average molecular weight is 416 g/mol. The van der Waals surface area contributed by atoms with Gasteiger partial charge in [-0.1, -0.05) is 6.07 Å². The molecule has 9 heteroatoms. The largest absolute Gasteiger partial charge is 0.265 e. The Balaban J connectivity index is 1.31. The van der Waals surface area contributed by atoms with E-state index in [0.29, 0.717) is 16.9 Å². The van der Waals surface area contributed by atoms with Crippen LogP contribution < -0.4 is 4.72 Å². The van der Waals surface area contributed by atoms with Crippen LogP contribution in [0.25, 0.3) is 11.0 Å². The van der Waals surface area contributed by atoms with E-state index in [0.717, 1.165) is 29.5 Å². The number of benzene rings is 1. The van der Waals surface area contributed by atoms with E-state index in [-0.39, 0.29) is 10.4 Å². The fourth-order valence-electron chi connectivity index (χ4n) is 6.18. The molecule has 7 rings (SSSR count). The molecule has 1 aromatic carbocycles. The number of anilines is 1. The standard InChI is InChI=1S/C19H21N5O2S2/c25-28(26,16-3-1-2-15-18(16)22-27-21-15)23-17-4-5-24(20-17)19-9-12-6-13(10-19)8-14(7-12)11-19/h1-5,12-14H,6-11H2,(H,20,23). The molecule has 0 atom stereocenters. The molecule has 0 amide bonds. The first-order chi connectivity index (χ1) is 13.5. The lowest BCUT2D eigenvalue weighted by Gasteiger charge is -2.56. The Morgan fingerprint density at radius 1 is 1.04 bits per heavy atom. The van der Waals surface area contributed by atoms with Crippen LogP contribution in [0.15, 0.2) is 35.4 Å². The molecule has 0 spiro atoms. The Labute approximate surface area is 167 Å². The van der Waals surface area contributed by atoms with E-state index in [1.165, 1.54) is 38.5 Å². The summed E-state index contributed by atoms with van der Waals surface area (Å²) in [6.07, 6.45) is 9.59. The van der Waals surface area contributed by atoms with Gasteiger partial charge in [-0.25, -0.2) is 8.42 Å². The first kappa shape index (κ1) is 16.9. The Morgan fingerprint density at radius 3 is 2.46 bits per heavy atom. The van der Waals surface area contributed by atoms with Crippen LogP contribution in [0.4, 0.5) is 5.82 Å². The number of rotatable bonds is 4. The van der Waals surface area contributed by atoms with E-state index in [4.69, 9.17) is 0 Å². The summed E-state index contributed by atoms with van der Waals surface area (Å²) in [7, 11) is -3.77. The highest BCUT2D eigenvalue weighted by Gasteiger charge is 2.52. The van der Waals surface area contributed by atoms with Crippen molar-refractivity contribution < 1.29 is 8.42 Å². The van der Waals surface area contributed by atoms with Gasteiger partial charge in [-0.15, -0.1) is 0 Å². The second-order valence-electron chi connectivity index (χ2n) is 8.78. The van der Waals surface area contributed by atoms with Crippen molar-refractivity contribution in [2.75, 3.05) is 4.72 Å². The predicted molar refractivity (Wildman–Crippen MR) is 107 cm³/mol. The highest BCUT2D eigenvalue weighted by Crippen LogP contribution is 2.58. The van der Waals surface area contributed by atoms with Gasteiger partial charge in [-0.2, -0.15) is 13.8 Å². The van der Waals surface area contributed by atoms with Crippen LogP contribution in [-0.4, -0.2) is 26.9 Å². The van der Waals surface area contributed by atoms with Crippen molar-refractivity contribution in [3.05, 3.63) is 30.5 Å². The minimum absolute atomic E-state index is 0.0806. The van der Waals surface area contributed by atoms with Gasteiger partial charge in [0.05, 0.1) is 17.3 Å². The van der Waals surface area contributed by atoms with E-state index in [2.05, 4.69) is 23.2 Å². The summed E-state index contributed by atoms with van der Waals surface area (Å²) in [6, 6.07) is 6.78. The molecule has 4 bridgehead atoms. The van der Waals surface area contributed by atoms with Gasteiger partial charge in [0.1, 0.15) is 15.9 Å². The molecule has 0 radical (unpaired) electrons. The molecule has 4 saturated carbocycles. The minimum Gasteiger partial charge on any atom is -0.264 e. The first-order valence-corrected chi connectivity index (χ1v) is 12.0. The Morgan fingerprint density at radius 2 is 1.75 bits per heavy atom. The number of sulfonamides is 1. The quantitative estimate of drug-likeness (QED) is 0.703. The van der Waals surface area contributed by atoms with Crippen molar-refractivity contribution in [2.24, 2.45) is 17.8 Å². The fourth-order valence-corrected chi connectivity index (χ4v) is 7.94. The number of nitrogens with zero attached hydrogens (tertiary/aromatic N) is 4. The number of nitrogens with one attached hydrogen (secondary N) is 1. The maximum absolute atomic E-state index is 12.9. The smallest absolute Gasteiger partial charge is 0.264 e. The van der Waals surface area contributed by atoms with Crippen molar-refractivity contribution in [1.82, 2.24) is 18.5 Å². The SMILES string of the molecule is O=S(=O)(Nc1ccn(C23CC4CC(CC(C4)C2)C3)n1)c1cccc2nsnc12. The summed E-state index contributed by atoms with van der Waals surface area (Å²) in [5.41, 5.74) is 1.07. The summed E-state index contributed by atoms with van der Waals surface area (Å²) in [4.78, 5) is 0.142. The molecular weight excluding hydrogens is 394 g/mol. The Kier molecular flexibility index (Phi) is 3.48. The number of aromatic nitrogens is 4. The second kappa shape index (κ2) is 5.76. The van der Waals surface area contributed by atoms with Crippen LogP contribution in [0.3, 0.4) is 0 Å². The zero-order valence-electron chi connectivity index (χ0n) is 15.3. The van der Waals surface area contributed by atoms with E-state index in [1.807, 2.05) is 6.20 Å². The van der Waals surface area contributed by atoms with Gasteiger partial charge in [0.15, 0.2) is 5.82 Å². The van der Waals surface area contributed by atoms with Gasteiger partial charge in [0, 0.05) is 12.3 Å². The molecule has 0 unspecified atom stereocenters. The molecule has 4 aliphatic carbocycles. The predicted octanol–water partition coefficient (Wildman–Crippen LogP) is 3.61. The first-order valence-electron chi connectivity index (χ1n) is 9.81. The molecular formula is C19H21N5O2S2. The Hall–Kier alpha value is -2.00. The molecule has 2 aromatic heterocycles. The van der Waals surface area contributed by atoms with Crippen molar-refractivity contribution in [1.29, 1.82) is 0 Å². The third-order valence-electron chi connectivity index (χ3n) is 6.86. The van der Waals surface area contributed by atoms with Crippen LogP contribution in [0.1, 0.15) is 38.5 Å². The van der Waals surface area contributed by atoms with Crippen molar-refractivity contribution in [3.8, 4) is 0 Å². The molecule has 1 N–H and O–H groups in total. The molecule has 3 aromatic rings. The summed E-state index contributed by atoms with van der Waals surface area (Å²) >= 11 is 1.01. The molecule has 7 nitrogen and oxygen atoms in total. The van der Waals surface area contributed by atoms with Gasteiger partial charge in [0.2, 0.25) is 0 Å². The summed E-state index contributed by atoms with van der Waals surface area (Å²) in [6.45, 7) is 0. The molecule has 4 aliphatic rings. The maximum Gasteiger partial charge on any atom is 0.265 e. The van der Waals surface area contributed by atoms with Gasteiger partial charge in [0.25, 0.3) is 10.0 Å². The van der Waals surface area contributed by atoms with E-state index >= 15 is 0 Å². The topological polar surface area (TPSA) is 89.8 Å². The van der Waals surface area contributed by atoms with E-state index in [1.54, 1.807) is 24.3 Å². The number of hydrogen-bond acceptors (Lipinski definition) is 6. The summed E-state index contributed by atoms with van der Waals surface area (Å²) < 4.78 is 38.9. The molecule has 0 aliphatic heterocycles. The van der Waals surface area contributed by atoms with Crippen LogP contribution in [0.2, 0.25) is 0 Å². The number of hydrogen-bond donors (Lipinski definition) is 1. The van der Waals surface area contributed by atoms with E-state index < -0.39 is 10.0 Å². The zero-order valence-corrected chi connectivity index (χ0v) is 16.9. The lowest BCUT2D eigenvalue weighted by atomic mass is 9.53. The normalized spacial score (nSPS) is 31.5. The third-order valence-corrected chi connectivity index (χ3v) is 8.79. The Bertz CT molecular complexity index is 1130. The summed E-state index contributed by atoms with van der Waals surface area (Å²) in [5, 5.41) is 4.67. The highest BCUT2D eigenvalue weighted by molar-refractivity contribution is 7.93. The monoisotopic (exact) mass is 415 g/mol. The van der Waals surface area contributed by atoms with Crippen molar-refractivity contribution >= 4 is 38.6 Å². The van der Waals surface area contributed by atoms with Crippen molar-refractivity contribution in [3.63, 3.8) is 0 Å². The van der Waals surface area contributed by atoms with Crippen LogP contribution >= 0.6 is 11.7 Å². The van der Waals surface area contributed by atoms with Gasteiger partial charge >= 0.3 is 0 Å². The second-order valence-corrected chi connectivity index (χ2v) is 11.0. The van der Waals surface area contributed by atoms with Crippen LogP contribution in [0.5, 0.6) is 0 Å². The van der Waals surface area contributed by atoms with Crippen LogP contribution in [-0.2, 0) is 15.6 Å². The molecule has 4 fully saturated rings. The van der Waals surface area contributed by atoms with E-state index in [9.17, 15) is 8.42 Å². The molecule has 0 saturated heterocycles. The summed E-state index contributed by atoms with van der Waals surface area (Å²) in [5.74, 6) is 2.80. The maximum atomic E-state index is 12.9. The molecule has 2 heterocycles. The van der Waals surface area contributed by atoms with Crippen molar-refractivity contribution in [2.45, 2.75) is 49.0 Å². The lowest BCUT2D eigenvalue weighted by Crippen LogP contribution is -2.52. The number of fused-ring (bicyclic) bond motifs is 1. The molecule has 28 heavy (non-hydrogen) atoms. The average Bonchev–Trinajstić information content (AvgIpc) is 3.29. The lowest BCUT2D eigenvalue weighted by molar-refractivity contribution is -0.0492. The fraction of sp³-hybridized carbons (Fsp3) is 0.526. The zero-order chi connectivity index (χ0) is 18.9. The third kappa shape index (κ3) is 2.52. The van der Waals surface area contributed by atoms with Gasteiger partial charge < -0.3 is 0 Å². The van der Waals surface area contributed by atoms with Crippen LogP contribution in [0, 0.1) is 17.8 Å². The van der Waals surface area contributed by atoms with Gasteiger partial charge in [-0.3, -0.25) is 9.40 Å².